The maximum atomic E-state index is 11.1. The van der Waals surface area contributed by atoms with E-state index in [2.05, 4.69) is 12.1 Å². The smallest absolute Gasteiger partial charge is 0.333 e. The predicted octanol–water partition coefficient (Wildman–Crippen LogP) is 2.06. The third-order valence-corrected chi connectivity index (χ3v) is 4.10. The zero-order valence-corrected chi connectivity index (χ0v) is 11.1. The van der Waals surface area contributed by atoms with Crippen LogP contribution in [0.1, 0.15) is 32.6 Å². The van der Waals surface area contributed by atoms with Gasteiger partial charge in [-0.1, -0.05) is 13.0 Å². The number of fused-ring (bicyclic) bond motifs is 2. The second kappa shape index (κ2) is 6.34. The number of hydroxylamine groups is 1. The number of esters is 1. The Hall–Kier alpha value is -0.870. The molecule has 1 N–H and O–H groups in total. The molecular formula is C14H23NO3. The van der Waals surface area contributed by atoms with Gasteiger partial charge in [-0.25, -0.2) is 10.3 Å². The molecule has 0 aromatic heterocycles. The van der Waals surface area contributed by atoms with E-state index in [1.54, 1.807) is 6.92 Å². The van der Waals surface area contributed by atoms with E-state index in [9.17, 15) is 4.79 Å². The number of rotatable bonds is 7. The Labute approximate surface area is 109 Å². The highest BCUT2D eigenvalue weighted by Gasteiger charge is 2.38. The first-order valence-electron chi connectivity index (χ1n) is 6.84. The highest BCUT2D eigenvalue weighted by Crippen LogP contribution is 2.47. The SMILES string of the molecule is C=C(C)C(=O)OCCONCC1CC2CCC1C2. The van der Waals surface area contributed by atoms with Crippen LogP contribution in [-0.2, 0) is 14.4 Å². The molecule has 0 heterocycles. The van der Waals surface area contributed by atoms with Gasteiger partial charge in [0, 0.05) is 12.1 Å². The Morgan fingerprint density at radius 2 is 2.17 bits per heavy atom. The van der Waals surface area contributed by atoms with Gasteiger partial charge < -0.3 is 4.74 Å². The molecule has 0 radical (unpaired) electrons. The fourth-order valence-electron chi connectivity index (χ4n) is 3.16. The monoisotopic (exact) mass is 253 g/mol. The van der Waals surface area contributed by atoms with Gasteiger partial charge in [0.1, 0.15) is 13.2 Å². The summed E-state index contributed by atoms with van der Waals surface area (Å²) in [4.78, 5) is 16.4. The summed E-state index contributed by atoms with van der Waals surface area (Å²) in [6, 6.07) is 0. The largest absolute Gasteiger partial charge is 0.460 e. The van der Waals surface area contributed by atoms with Crippen LogP contribution in [0.3, 0.4) is 0 Å². The lowest BCUT2D eigenvalue weighted by Crippen LogP contribution is -2.28. The first kappa shape index (κ1) is 13.6. The van der Waals surface area contributed by atoms with Crippen LogP contribution in [0.15, 0.2) is 12.2 Å². The molecule has 0 aliphatic heterocycles. The number of carbonyl (C=O) groups excluding carboxylic acids is 1. The summed E-state index contributed by atoms with van der Waals surface area (Å²) in [5, 5.41) is 0. The normalized spacial score (nSPS) is 29.5. The molecule has 2 rings (SSSR count). The Kier molecular flexibility index (Phi) is 4.78. The number of hydrogen-bond acceptors (Lipinski definition) is 4. The van der Waals surface area contributed by atoms with E-state index in [0.717, 1.165) is 24.3 Å². The Bertz CT molecular complexity index is 316. The molecule has 0 aromatic carbocycles. The van der Waals surface area contributed by atoms with Crippen molar-refractivity contribution in [1.82, 2.24) is 5.48 Å². The molecule has 2 aliphatic rings. The van der Waals surface area contributed by atoms with Crippen molar-refractivity contribution in [3.8, 4) is 0 Å². The van der Waals surface area contributed by atoms with Crippen molar-refractivity contribution in [3.63, 3.8) is 0 Å². The molecule has 2 aliphatic carbocycles. The highest BCUT2D eigenvalue weighted by atomic mass is 16.7. The molecule has 3 unspecified atom stereocenters. The molecule has 102 valence electrons. The van der Waals surface area contributed by atoms with Crippen molar-refractivity contribution in [2.45, 2.75) is 32.6 Å². The lowest BCUT2D eigenvalue weighted by atomic mass is 9.89. The van der Waals surface area contributed by atoms with E-state index in [0.29, 0.717) is 12.2 Å². The summed E-state index contributed by atoms with van der Waals surface area (Å²) < 4.78 is 4.92. The van der Waals surface area contributed by atoms with Gasteiger partial charge in [-0.05, 0) is 43.9 Å². The van der Waals surface area contributed by atoms with Crippen molar-refractivity contribution in [2.75, 3.05) is 19.8 Å². The lowest BCUT2D eigenvalue weighted by molar-refractivity contribution is -0.141. The first-order chi connectivity index (χ1) is 8.66. The first-order valence-corrected chi connectivity index (χ1v) is 6.84. The molecule has 4 nitrogen and oxygen atoms in total. The predicted molar refractivity (Wildman–Crippen MR) is 68.7 cm³/mol. The summed E-state index contributed by atoms with van der Waals surface area (Å²) in [6.07, 6.45) is 5.60. The summed E-state index contributed by atoms with van der Waals surface area (Å²) in [7, 11) is 0. The van der Waals surface area contributed by atoms with Gasteiger partial charge in [-0.15, -0.1) is 0 Å². The van der Waals surface area contributed by atoms with Gasteiger partial charge in [-0.3, -0.25) is 4.84 Å². The van der Waals surface area contributed by atoms with Crippen LogP contribution in [0.5, 0.6) is 0 Å². The number of hydrogen-bond donors (Lipinski definition) is 1. The molecule has 2 fully saturated rings. The minimum Gasteiger partial charge on any atom is -0.460 e. The zero-order valence-electron chi connectivity index (χ0n) is 11.1. The van der Waals surface area contributed by atoms with Gasteiger partial charge in [0.2, 0.25) is 0 Å². The van der Waals surface area contributed by atoms with E-state index in [4.69, 9.17) is 9.57 Å². The molecule has 0 saturated heterocycles. The minimum atomic E-state index is -0.355. The van der Waals surface area contributed by atoms with Crippen LogP contribution in [-0.4, -0.2) is 25.7 Å². The van der Waals surface area contributed by atoms with Crippen molar-refractivity contribution >= 4 is 5.97 Å². The summed E-state index contributed by atoms with van der Waals surface area (Å²) in [5.74, 6) is 2.30. The van der Waals surface area contributed by atoms with Gasteiger partial charge in [0.05, 0.1) is 0 Å². The quantitative estimate of drug-likeness (QED) is 0.326. The Morgan fingerprint density at radius 1 is 1.33 bits per heavy atom. The van der Waals surface area contributed by atoms with E-state index in [1.807, 2.05) is 0 Å². The standard InChI is InChI=1S/C14H23NO3/c1-10(2)14(16)17-5-6-18-15-9-13-8-11-3-4-12(13)7-11/h11-13,15H,1,3-9H2,2H3. The maximum Gasteiger partial charge on any atom is 0.333 e. The topological polar surface area (TPSA) is 47.6 Å². The van der Waals surface area contributed by atoms with Gasteiger partial charge in [0.15, 0.2) is 0 Å². The van der Waals surface area contributed by atoms with Gasteiger partial charge >= 0.3 is 5.97 Å². The Morgan fingerprint density at radius 3 is 2.78 bits per heavy atom. The van der Waals surface area contributed by atoms with Crippen LogP contribution < -0.4 is 5.48 Å². The van der Waals surface area contributed by atoms with E-state index in [1.165, 1.54) is 25.7 Å². The van der Waals surface area contributed by atoms with Crippen molar-refractivity contribution in [1.29, 1.82) is 0 Å². The van der Waals surface area contributed by atoms with Crippen LogP contribution in [0.25, 0.3) is 0 Å². The van der Waals surface area contributed by atoms with Gasteiger partial charge in [0.25, 0.3) is 0 Å². The molecule has 0 spiro atoms. The van der Waals surface area contributed by atoms with Crippen LogP contribution >= 0.6 is 0 Å². The molecule has 2 bridgehead atoms. The van der Waals surface area contributed by atoms with E-state index in [-0.39, 0.29) is 12.6 Å². The average molecular weight is 253 g/mol. The molecule has 0 amide bonds. The molecular weight excluding hydrogens is 230 g/mol. The summed E-state index contributed by atoms with van der Waals surface area (Å²) >= 11 is 0. The number of carbonyl (C=O) groups is 1. The molecule has 4 heteroatoms. The fourth-order valence-corrected chi connectivity index (χ4v) is 3.16. The third kappa shape index (κ3) is 3.56. The third-order valence-electron chi connectivity index (χ3n) is 4.10. The highest BCUT2D eigenvalue weighted by molar-refractivity contribution is 5.86. The van der Waals surface area contributed by atoms with Crippen LogP contribution in [0, 0.1) is 17.8 Å². The average Bonchev–Trinajstić information content (AvgIpc) is 2.95. The second-order valence-corrected chi connectivity index (χ2v) is 5.55. The molecule has 0 aromatic rings. The molecule has 3 atom stereocenters. The summed E-state index contributed by atoms with van der Waals surface area (Å²) in [5.41, 5.74) is 3.42. The van der Waals surface area contributed by atoms with E-state index >= 15 is 0 Å². The molecule has 18 heavy (non-hydrogen) atoms. The number of nitrogens with one attached hydrogen (secondary N) is 1. The maximum absolute atomic E-state index is 11.1. The van der Waals surface area contributed by atoms with Crippen LogP contribution in [0.4, 0.5) is 0 Å². The second-order valence-electron chi connectivity index (χ2n) is 5.55. The van der Waals surface area contributed by atoms with E-state index < -0.39 is 0 Å². The molecule has 2 saturated carbocycles. The van der Waals surface area contributed by atoms with Crippen molar-refractivity contribution < 1.29 is 14.4 Å². The summed E-state index contributed by atoms with van der Waals surface area (Å²) in [6.45, 7) is 6.74. The fraction of sp³-hybridized carbons (Fsp3) is 0.786. The van der Waals surface area contributed by atoms with Crippen LogP contribution in [0.2, 0.25) is 0 Å². The zero-order chi connectivity index (χ0) is 13.0. The van der Waals surface area contributed by atoms with Crippen molar-refractivity contribution in [3.05, 3.63) is 12.2 Å². The Balaban J connectivity index is 1.47. The minimum absolute atomic E-state index is 0.273. The van der Waals surface area contributed by atoms with Gasteiger partial charge in [-0.2, -0.15) is 0 Å². The van der Waals surface area contributed by atoms with Crippen molar-refractivity contribution in [2.24, 2.45) is 17.8 Å². The lowest BCUT2D eigenvalue weighted by Gasteiger charge is -2.21. The number of ether oxygens (including phenoxy) is 1.